The average molecular weight is 413 g/mol. The first-order valence-corrected chi connectivity index (χ1v) is 8.10. The zero-order valence-electron chi connectivity index (χ0n) is 14.6. The van der Waals surface area contributed by atoms with Crippen molar-refractivity contribution >= 4 is 17.3 Å². The molecule has 0 saturated carbocycles. The molecule has 12 heteroatoms. The topological polar surface area (TPSA) is 125 Å². The van der Waals surface area contributed by atoms with E-state index in [0.29, 0.717) is 0 Å². The number of amides is 1. The van der Waals surface area contributed by atoms with Gasteiger partial charge < -0.3 is 10.1 Å². The summed E-state index contributed by atoms with van der Waals surface area (Å²) in [6, 6.07) is 6.68. The monoisotopic (exact) mass is 413 g/mol. The van der Waals surface area contributed by atoms with Crippen LogP contribution in [0.2, 0.25) is 0 Å². The van der Waals surface area contributed by atoms with Crippen LogP contribution >= 0.6 is 0 Å². The fourth-order valence-electron chi connectivity index (χ4n) is 2.24. The maximum absolute atomic E-state index is 12.5. The molecule has 29 heavy (non-hydrogen) atoms. The predicted molar refractivity (Wildman–Crippen MR) is 93.6 cm³/mol. The minimum atomic E-state index is -4.44. The summed E-state index contributed by atoms with van der Waals surface area (Å²) in [5.41, 5.74) is -2.22. The SMILES string of the molecule is O=C(NCCCOc1ccc(C(F)(F)F)cc1)c1cc([N+](=O)[O-])cc([N+](=O)[O-])c1. The maximum atomic E-state index is 12.5. The van der Waals surface area contributed by atoms with Crippen molar-refractivity contribution in [2.24, 2.45) is 0 Å². The van der Waals surface area contributed by atoms with E-state index in [-0.39, 0.29) is 30.9 Å². The second-order valence-electron chi connectivity index (χ2n) is 5.73. The van der Waals surface area contributed by atoms with Gasteiger partial charge in [0.1, 0.15) is 5.75 Å². The second-order valence-corrected chi connectivity index (χ2v) is 5.73. The largest absolute Gasteiger partial charge is 0.494 e. The van der Waals surface area contributed by atoms with Gasteiger partial charge in [0, 0.05) is 18.7 Å². The van der Waals surface area contributed by atoms with Gasteiger partial charge in [0.2, 0.25) is 0 Å². The summed E-state index contributed by atoms with van der Waals surface area (Å²) in [5, 5.41) is 24.1. The van der Waals surface area contributed by atoms with Gasteiger partial charge in [-0.15, -0.1) is 0 Å². The molecule has 0 aromatic heterocycles. The van der Waals surface area contributed by atoms with Crippen LogP contribution in [0.1, 0.15) is 22.3 Å². The molecule has 9 nitrogen and oxygen atoms in total. The van der Waals surface area contributed by atoms with Crippen LogP contribution in [0.25, 0.3) is 0 Å². The first kappa shape index (κ1) is 21.6. The summed E-state index contributed by atoms with van der Waals surface area (Å²) in [5.74, 6) is -0.523. The fraction of sp³-hybridized carbons (Fsp3) is 0.235. The first-order chi connectivity index (χ1) is 13.6. The van der Waals surface area contributed by atoms with Gasteiger partial charge in [-0.05, 0) is 30.7 Å². The van der Waals surface area contributed by atoms with Crippen LogP contribution in [-0.2, 0) is 6.18 Å². The van der Waals surface area contributed by atoms with Crippen molar-refractivity contribution in [3.63, 3.8) is 0 Å². The smallest absolute Gasteiger partial charge is 0.416 e. The number of carbonyl (C=O) groups is 1. The third-order valence-electron chi connectivity index (χ3n) is 3.64. The molecule has 2 aromatic rings. The summed E-state index contributed by atoms with van der Waals surface area (Å²) in [6.07, 6.45) is -4.16. The highest BCUT2D eigenvalue weighted by molar-refractivity contribution is 5.95. The van der Waals surface area contributed by atoms with Crippen LogP contribution in [0.15, 0.2) is 42.5 Å². The lowest BCUT2D eigenvalue weighted by molar-refractivity contribution is -0.394. The van der Waals surface area contributed by atoms with Gasteiger partial charge in [-0.25, -0.2) is 0 Å². The number of ether oxygens (including phenoxy) is 1. The summed E-state index contributed by atoms with van der Waals surface area (Å²) < 4.78 is 42.7. The Labute approximate surface area is 161 Å². The number of nitro benzene ring substituents is 2. The summed E-state index contributed by atoms with van der Waals surface area (Å²) in [6.45, 7) is 0.163. The quantitative estimate of drug-likeness (QED) is 0.399. The molecule has 0 fully saturated rings. The van der Waals surface area contributed by atoms with Crippen molar-refractivity contribution < 1.29 is 32.5 Å². The molecule has 0 unspecified atom stereocenters. The number of nitro groups is 2. The number of non-ortho nitro benzene ring substituents is 2. The molecule has 0 atom stereocenters. The van der Waals surface area contributed by atoms with E-state index in [1.165, 1.54) is 12.1 Å². The molecule has 1 amide bonds. The van der Waals surface area contributed by atoms with E-state index in [0.717, 1.165) is 30.3 Å². The van der Waals surface area contributed by atoms with Crippen molar-refractivity contribution in [1.82, 2.24) is 5.32 Å². The van der Waals surface area contributed by atoms with Crippen molar-refractivity contribution in [3.8, 4) is 5.75 Å². The first-order valence-electron chi connectivity index (χ1n) is 8.10. The minimum Gasteiger partial charge on any atom is -0.494 e. The number of benzene rings is 2. The molecule has 0 aliphatic rings. The van der Waals surface area contributed by atoms with Gasteiger partial charge in [0.25, 0.3) is 17.3 Å². The zero-order valence-corrected chi connectivity index (χ0v) is 14.6. The van der Waals surface area contributed by atoms with Crippen LogP contribution in [0.4, 0.5) is 24.5 Å². The van der Waals surface area contributed by atoms with E-state index in [9.17, 15) is 38.2 Å². The number of hydrogen-bond acceptors (Lipinski definition) is 6. The number of nitrogens with zero attached hydrogens (tertiary/aromatic N) is 2. The average Bonchev–Trinajstić information content (AvgIpc) is 2.66. The Kier molecular flexibility index (Phi) is 6.70. The lowest BCUT2D eigenvalue weighted by Gasteiger charge is -2.09. The van der Waals surface area contributed by atoms with Gasteiger partial charge in [-0.1, -0.05) is 0 Å². The third kappa shape index (κ3) is 6.16. The summed E-state index contributed by atoms with van der Waals surface area (Å²) in [7, 11) is 0. The number of nitrogens with one attached hydrogen (secondary N) is 1. The van der Waals surface area contributed by atoms with Crippen LogP contribution in [0.5, 0.6) is 5.75 Å². The van der Waals surface area contributed by atoms with Crippen LogP contribution in [0.3, 0.4) is 0 Å². The van der Waals surface area contributed by atoms with E-state index in [4.69, 9.17) is 4.74 Å². The van der Waals surface area contributed by atoms with E-state index in [1.54, 1.807) is 0 Å². The lowest BCUT2D eigenvalue weighted by atomic mass is 10.1. The van der Waals surface area contributed by atoms with E-state index in [2.05, 4.69) is 5.32 Å². The standard InChI is InChI=1S/C17H14F3N3O6/c18-17(19,20)12-2-4-15(5-3-12)29-7-1-6-21-16(24)11-8-13(22(25)26)10-14(9-11)23(27)28/h2-5,8-10H,1,6-7H2,(H,21,24). The number of hydrogen-bond donors (Lipinski definition) is 1. The Morgan fingerprint density at radius 3 is 2.03 bits per heavy atom. The van der Waals surface area contributed by atoms with Crippen LogP contribution in [-0.4, -0.2) is 28.9 Å². The van der Waals surface area contributed by atoms with Crippen molar-refractivity contribution in [2.45, 2.75) is 12.6 Å². The number of rotatable bonds is 8. The van der Waals surface area contributed by atoms with Crippen LogP contribution < -0.4 is 10.1 Å². The number of alkyl halides is 3. The van der Waals surface area contributed by atoms with Crippen molar-refractivity contribution in [1.29, 1.82) is 0 Å². The van der Waals surface area contributed by atoms with Gasteiger partial charge in [-0.3, -0.25) is 25.0 Å². The molecule has 1 N–H and O–H groups in total. The number of carbonyl (C=O) groups excluding carboxylic acids is 1. The Morgan fingerprint density at radius 1 is 1.00 bits per heavy atom. The molecule has 0 bridgehead atoms. The van der Waals surface area contributed by atoms with Crippen LogP contribution in [0, 0.1) is 20.2 Å². The van der Waals surface area contributed by atoms with Gasteiger partial charge in [0.15, 0.2) is 0 Å². The lowest BCUT2D eigenvalue weighted by Crippen LogP contribution is -2.25. The van der Waals surface area contributed by atoms with Crippen molar-refractivity contribution in [2.75, 3.05) is 13.2 Å². The molecular weight excluding hydrogens is 399 g/mol. The Balaban J connectivity index is 1.86. The highest BCUT2D eigenvalue weighted by atomic mass is 19.4. The van der Waals surface area contributed by atoms with Gasteiger partial charge in [-0.2, -0.15) is 13.2 Å². The Morgan fingerprint density at radius 2 is 1.55 bits per heavy atom. The van der Waals surface area contributed by atoms with Gasteiger partial charge in [0.05, 0.1) is 33.6 Å². The molecule has 0 radical (unpaired) electrons. The van der Waals surface area contributed by atoms with E-state index >= 15 is 0 Å². The third-order valence-corrected chi connectivity index (χ3v) is 3.64. The molecule has 0 aliphatic heterocycles. The molecule has 0 spiro atoms. The maximum Gasteiger partial charge on any atom is 0.416 e. The summed E-state index contributed by atoms with van der Waals surface area (Å²) in [4.78, 5) is 32.0. The molecule has 2 aromatic carbocycles. The molecule has 154 valence electrons. The summed E-state index contributed by atoms with van der Waals surface area (Å²) >= 11 is 0. The predicted octanol–water partition coefficient (Wildman–Crippen LogP) is 3.72. The molecule has 0 aliphatic carbocycles. The highest BCUT2D eigenvalue weighted by Crippen LogP contribution is 2.30. The Bertz CT molecular complexity index is 883. The fourth-order valence-corrected chi connectivity index (χ4v) is 2.24. The molecular formula is C17H14F3N3O6. The molecule has 0 saturated heterocycles. The molecule has 2 rings (SSSR count). The van der Waals surface area contributed by atoms with E-state index in [1.807, 2.05) is 0 Å². The van der Waals surface area contributed by atoms with E-state index < -0.39 is 38.9 Å². The van der Waals surface area contributed by atoms with Crippen molar-refractivity contribution in [3.05, 3.63) is 73.8 Å². The van der Waals surface area contributed by atoms with Gasteiger partial charge >= 0.3 is 6.18 Å². The normalized spacial score (nSPS) is 11.0. The zero-order chi connectivity index (χ0) is 21.6. The Hall–Kier alpha value is -3.70. The minimum absolute atomic E-state index is 0.0793. The number of halogens is 3. The second kappa shape index (κ2) is 8.99. The highest BCUT2D eigenvalue weighted by Gasteiger charge is 2.30. The molecule has 0 heterocycles.